The van der Waals surface area contributed by atoms with Gasteiger partial charge in [0.25, 0.3) is 10.0 Å². The normalized spacial score (nSPS) is 14.3. The highest BCUT2D eigenvalue weighted by atomic mass is 32.2. The molecule has 1 N–H and O–H groups in total. The molecule has 0 unspecified atom stereocenters. The highest BCUT2D eigenvalue weighted by Gasteiger charge is 2.23. The minimum atomic E-state index is -3.69. The Bertz CT molecular complexity index is 1140. The Labute approximate surface area is 158 Å². The van der Waals surface area contributed by atoms with Gasteiger partial charge in [0.05, 0.1) is 4.90 Å². The summed E-state index contributed by atoms with van der Waals surface area (Å²) in [5.74, 6) is 0.106. The monoisotopic (exact) mass is 380 g/mol. The van der Waals surface area contributed by atoms with E-state index in [0.717, 1.165) is 22.0 Å². The number of fused-ring (bicyclic) bond motifs is 2. The van der Waals surface area contributed by atoms with Crippen LogP contribution in [0.3, 0.4) is 0 Å². The van der Waals surface area contributed by atoms with E-state index in [9.17, 15) is 13.2 Å². The van der Waals surface area contributed by atoms with Gasteiger partial charge in [-0.1, -0.05) is 30.3 Å². The lowest BCUT2D eigenvalue weighted by Crippen LogP contribution is -2.34. The van der Waals surface area contributed by atoms with Gasteiger partial charge in [0, 0.05) is 24.3 Å². The summed E-state index contributed by atoms with van der Waals surface area (Å²) in [7, 11) is -3.69. The van der Waals surface area contributed by atoms with Crippen LogP contribution in [0, 0.1) is 0 Å². The molecule has 1 amide bonds. The van der Waals surface area contributed by atoms with Crippen molar-refractivity contribution >= 4 is 38.1 Å². The van der Waals surface area contributed by atoms with E-state index in [4.69, 9.17) is 0 Å². The van der Waals surface area contributed by atoms with Crippen LogP contribution in [0.5, 0.6) is 0 Å². The fraction of sp³-hybridized carbons (Fsp3) is 0.190. The molecule has 0 aromatic heterocycles. The molecule has 1 aliphatic heterocycles. The molecule has 6 heteroatoms. The van der Waals surface area contributed by atoms with Crippen molar-refractivity contribution in [2.75, 3.05) is 16.2 Å². The standard InChI is InChI=1S/C21H20N2O3S/c1-2-23-20-11-9-18(13-17(20)8-12-21(23)24)22-27(25,26)19-10-7-15-5-3-4-6-16(15)14-19/h3-7,9-11,13-14,22H,2,8,12H2,1H3. The van der Waals surface area contributed by atoms with E-state index in [0.29, 0.717) is 25.1 Å². The van der Waals surface area contributed by atoms with Crippen LogP contribution in [0.15, 0.2) is 65.6 Å². The number of amides is 1. The molecule has 0 aliphatic carbocycles. The van der Waals surface area contributed by atoms with E-state index < -0.39 is 10.0 Å². The zero-order chi connectivity index (χ0) is 19.0. The van der Waals surface area contributed by atoms with E-state index in [-0.39, 0.29) is 10.8 Å². The lowest BCUT2D eigenvalue weighted by Gasteiger charge is -2.28. The Hall–Kier alpha value is -2.86. The van der Waals surface area contributed by atoms with Gasteiger partial charge >= 0.3 is 0 Å². The van der Waals surface area contributed by atoms with E-state index >= 15 is 0 Å². The van der Waals surface area contributed by atoms with Crippen LogP contribution in [-0.4, -0.2) is 20.9 Å². The summed E-state index contributed by atoms with van der Waals surface area (Å²) in [6, 6.07) is 18.1. The van der Waals surface area contributed by atoms with Gasteiger partial charge in [0.2, 0.25) is 5.91 Å². The third-order valence-corrected chi connectivity index (χ3v) is 6.26. The van der Waals surface area contributed by atoms with Crippen molar-refractivity contribution in [2.24, 2.45) is 0 Å². The third-order valence-electron chi connectivity index (χ3n) is 4.88. The molecule has 0 bridgehead atoms. The fourth-order valence-corrected chi connectivity index (χ4v) is 4.60. The molecule has 27 heavy (non-hydrogen) atoms. The number of hydrogen-bond donors (Lipinski definition) is 1. The van der Waals surface area contributed by atoms with E-state index in [2.05, 4.69) is 4.72 Å². The summed E-state index contributed by atoms with van der Waals surface area (Å²) in [4.78, 5) is 14.0. The van der Waals surface area contributed by atoms with Gasteiger partial charge in [-0.3, -0.25) is 9.52 Å². The van der Waals surface area contributed by atoms with Crippen LogP contribution < -0.4 is 9.62 Å². The molecule has 4 rings (SSSR count). The molecule has 1 aliphatic rings. The molecule has 5 nitrogen and oxygen atoms in total. The Morgan fingerprint density at radius 1 is 0.963 bits per heavy atom. The Morgan fingerprint density at radius 2 is 1.74 bits per heavy atom. The highest BCUT2D eigenvalue weighted by Crippen LogP contribution is 2.31. The number of hydrogen-bond acceptors (Lipinski definition) is 3. The number of aryl methyl sites for hydroxylation is 1. The Balaban J connectivity index is 1.65. The van der Waals surface area contributed by atoms with Crippen molar-refractivity contribution < 1.29 is 13.2 Å². The summed E-state index contributed by atoms with van der Waals surface area (Å²) >= 11 is 0. The van der Waals surface area contributed by atoms with Crippen LogP contribution in [0.25, 0.3) is 10.8 Å². The topological polar surface area (TPSA) is 66.5 Å². The molecular weight excluding hydrogens is 360 g/mol. The summed E-state index contributed by atoms with van der Waals surface area (Å²) in [6.45, 7) is 2.54. The SMILES string of the molecule is CCN1C(=O)CCc2cc(NS(=O)(=O)c3ccc4ccccc4c3)ccc21. The number of anilines is 2. The number of carbonyl (C=O) groups excluding carboxylic acids is 1. The van der Waals surface area contributed by atoms with Gasteiger partial charge in [0.1, 0.15) is 0 Å². The first-order valence-electron chi connectivity index (χ1n) is 8.93. The average molecular weight is 380 g/mol. The minimum Gasteiger partial charge on any atom is -0.312 e. The average Bonchev–Trinajstić information content (AvgIpc) is 2.67. The van der Waals surface area contributed by atoms with E-state index in [1.165, 1.54) is 0 Å². The van der Waals surface area contributed by atoms with Crippen LogP contribution in [0.4, 0.5) is 11.4 Å². The molecular formula is C21H20N2O3S. The molecule has 0 saturated heterocycles. The van der Waals surface area contributed by atoms with Crippen molar-refractivity contribution in [2.45, 2.75) is 24.7 Å². The predicted molar refractivity (Wildman–Crippen MR) is 108 cm³/mol. The number of benzene rings is 3. The summed E-state index contributed by atoms with van der Waals surface area (Å²) < 4.78 is 28.3. The van der Waals surface area contributed by atoms with Crippen molar-refractivity contribution in [3.05, 3.63) is 66.2 Å². The molecule has 0 spiro atoms. The van der Waals surface area contributed by atoms with Gasteiger partial charge in [-0.25, -0.2) is 8.42 Å². The van der Waals surface area contributed by atoms with Gasteiger partial charge < -0.3 is 4.90 Å². The Kier molecular flexibility index (Phi) is 4.36. The second-order valence-electron chi connectivity index (χ2n) is 6.60. The van der Waals surface area contributed by atoms with Crippen LogP contribution in [0.1, 0.15) is 18.9 Å². The second-order valence-corrected chi connectivity index (χ2v) is 8.28. The molecule has 0 radical (unpaired) electrons. The zero-order valence-corrected chi connectivity index (χ0v) is 15.8. The van der Waals surface area contributed by atoms with Gasteiger partial charge in [-0.05, 0) is 60.0 Å². The third kappa shape index (κ3) is 3.28. The first-order valence-corrected chi connectivity index (χ1v) is 10.4. The van der Waals surface area contributed by atoms with Gasteiger partial charge in [-0.15, -0.1) is 0 Å². The number of nitrogens with one attached hydrogen (secondary N) is 1. The largest absolute Gasteiger partial charge is 0.312 e. The van der Waals surface area contributed by atoms with E-state index in [1.807, 2.05) is 49.4 Å². The van der Waals surface area contributed by atoms with Crippen LogP contribution >= 0.6 is 0 Å². The molecule has 3 aromatic carbocycles. The smallest absolute Gasteiger partial charge is 0.261 e. The molecule has 0 saturated carbocycles. The molecule has 1 heterocycles. The van der Waals surface area contributed by atoms with Gasteiger partial charge in [0.15, 0.2) is 0 Å². The molecule has 138 valence electrons. The Morgan fingerprint density at radius 3 is 2.52 bits per heavy atom. The first-order chi connectivity index (χ1) is 13.0. The maximum Gasteiger partial charge on any atom is 0.261 e. The highest BCUT2D eigenvalue weighted by molar-refractivity contribution is 7.92. The van der Waals surface area contributed by atoms with Crippen molar-refractivity contribution in [3.8, 4) is 0 Å². The summed E-state index contributed by atoms with van der Waals surface area (Å²) in [6.07, 6.45) is 1.07. The van der Waals surface area contributed by atoms with Crippen molar-refractivity contribution in [1.29, 1.82) is 0 Å². The van der Waals surface area contributed by atoms with Crippen LogP contribution in [-0.2, 0) is 21.2 Å². The number of sulfonamides is 1. The summed E-state index contributed by atoms with van der Waals surface area (Å²) in [5.41, 5.74) is 2.35. The molecule has 3 aromatic rings. The lowest BCUT2D eigenvalue weighted by molar-refractivity contribution is -0.118. The maximum atomic E-state index is 12.8. The fourth-order valence-electron chi connectivity index (χ4n) is 3.52. The quantitative estimate of drug-likeness (QED) is 0.745. The van der Waals surface area contributed by atoms with E-state index in [1.54, 1.807) is 23.1 Å². The number of carbonyl (C=O) groups is 1. The minimum absolute atomic E-state index is 0.106. The molecule has 0 atom stereocenters. The zero-order valence-electron chi connectivity index (χ0n) is 15.0. The lowest BCUT2D eigenvalue weighted by atomic mass is 10.0. The molecule has 0 fully saturated rings. The first kappa shape index (κ1) is 17.5. The predicted octanol–water partition coefficient (Wildman–Crippen LogP) is 3.94. The van der Waals surface area contributed by atoms with Gasteiger partial charge in [-0.2, -0.15) is 0 Å². The number of rotatable bonds is 4. The van der Waals surface area contributed by atoms with Crippen molar-refractivity contribution in [1.82, 2.24) is 0 Å². The number of nitrogens with zero attached hydrogens (tertiary/aromatic N) is 1. The van der Waals surface area contributed by atoms with Crippen LogP contribution in [0.2, 0.25) is 0 Å². The maximum absolute atomic E-state index is 12.8. The second kappa shape index (κ2) is 6.70. The van der Waals surface area contributed by atoms with Crippen molar-refractivity contribution in [3.63, 3.8) is 0 Å². The summed E-state index contributed by atoms with van der Waals surface area (Å²) in [5, 5.41) is 1.87.